The first-order chi connectivity index (χ1) is 14.4. The molecule has 1 N–H and O–H groups in total. The van der Waals surface area contributed by atoms with E-state index in [2.05, 4.69) is 22.1 Å². The Morgan fingerprint density at radius 2 is 2.10 bits per heavy atom. The number of allylic oxidation sites excluding steroid dienone is 1. The van der Waals surface area contributed by atoms with E-state index in [9.17, 15) is 19.3 Å². The molecule has 0 aliphatic rings. The highest BCUT2D eigenvalue weighted by Gasteiger charge is 2.18. The summed E-state index contributed by atoms with van der Waals surface area (Å²) in [7, 11) is 0. The number of carbonyl (C=O) groups is 1. The highest BCUT2D eigenvalue weighted by molar-refractivity contribution is 7.99. The average Bonchev–Trinajstić information content (AvgIpc) is 3.11. The third-order valence-corrected chi connectivity index (χ3v) is 5.13. The fourth-order valence-corrected chi connectivity index (χ4v) is 3.49. The molecular weight excluding hydrogens is 409 g/mol. The van der Waals surface area contributed by atoms with Gasteiger partial charge in [-0.2, -0.15) is 0 Å². The van der Waals surface area contributed by atoms with Crippen LogP contribution in [0.3, 0.4) is 0 Å². The molecule has 0 aliphatic heterocycles. The van der Waals surface area contributed by atoms with Gasteiger partial charge in [0.1, 0.15) is 5.82 Å². The van der Waals surface area contributed by atoms with Crippen molar-refractivity contribution in [1.82, 2.24) is 14.8 Å². The summed E-state index contributed by atoms with van der Waals surface area (Å²) in [5.41, 5.74) is 1.07. The molecule has 30 heavy (non-hydrogen) atoms. The molecule has 0 radical (unpaired) electrons. The molecule has 0 bridgehead atoms. The van der Waals surface area contributed by atoms with Crippen LogP contribution in [0, 0.1) is 22.9 Å². The lowest BCUT2D eigenvalue weighted by Crippen LogP contribution is -2.15. The van der Waals surface area contributed by atoms with Crippen molar-refractivity contribution in [2.45, 2.75) is 18.6 Å². The topological polar surface area (TPSA) is 103 Å². The zero-order valence-electron chi connectivity index (χ0n) is 16.0. The Kier molecular flexibility index (Phi) is 6.58. The molecule has 3 aromatic rings. The van der Waals surface area contributed by atoms with Crippen molar-refractivity contribution in [3.8, 4) is 11.4 Å². The Hall–Kier alpha value is -3.53. The summed E-state index contributed by atoms with van der Waals surface area (Å²) in [6.07, 6.45) is 1.63. The average molecular weight is 427 g/mol. The molecule has 1 aromatic heterocycles. The summed E-state index contributed by atoms with van der Waals surface area (Å²) in [5.74, 6) is -0.455. The largest absolute Gasteiger partial charge is 0.325 e. The normalized spacial score (nSPS) is 10.6. The molecule has 0 atom stereocenters. The van der Waals surface area contributed by atoms with Crippen LogP contribution in [0.1, 0.15) is 5.56 Å². The predicted molar refractivity (Wildman–Crippen MR) is 113 cm³/mol. The number of aryl methyl sites for hydroxylation is 1. The third kappa shape index (κ3) is 4.71. The number of nitrogens with one attached hydrogen (secondary N) is 1. The second kappa shape index (κ2) is 9.31. The first kappa shape index (κ1) is 21.2. The van der Waals surface area contributed by atoms with Crippen molar-refractivity contribution in [3.63, 3.8) is 0 Å². The lowest BCUT2D eigenvalue weighted by atomic mass is 10.2. The Bertz CT molecular complexity index is 1120. The number of nitrogens with zero attached hydrogens (tertiary/aromatic N) is 4. The minimum absolute atomic E-state index is 0.00573. The second-order valence-electron chi connectivity index (χ2n) is 6.28. The van der Waals surface area contributed by atoms with Crippen molar-refractivity contribution in [3.05, 3.63) is 76.6 Å². The van der Waals surface area contributed by atoms with Crippen LogP contribution < -0.4 is 5.32 Å². The molecule has 10 heteroatoms. The maximum absolute atomic E-state index is 14.2. The van der Waals surface area contributed by atoms with Crippen LogP contribution in [0.25, 0.3) is 11.4 Å². The molecule has 2 aromatic carbocycles. The van der Waals surface area contributed by atoms with Crippen LogP contribution in [0.5, 0.6) is 0 Å². The number of hydrogen-bond donors (Lipinski definition) is 1. The summed E-state index contributed by atoms with van der Waals surface area (Å²) < 4.78 is 15.8. The molecule has 0 aliphatic carbocycles. The van der Waals surface area contributed by atoms with Gasteiger partial charge in [-0.3, -0.25) is 19.5 Å². The third-order valence-electron chi connectivity index (χ3n) is 4.17. The number of anilines is 1. The molecule has 0 unspecified atom stereocenters. The Labute approximate surface area is 176 Å². The Balaban J connectivity index is 1.74. The maximum Gasteiger partial charge on any atom is 0.274 e. The maximum atomic E-state index is 14.2. The predicted octanol–water partition coefficient (Wildman–Crippen LogP) is 4.22. The van der Waals surface area contributed by atoms with Gasteiger partial charge < -0.3 is 5.32 Å². The number of nitro groups is 1. The number of thioether (sulfide) groups is 1. The molecule has 154 valence electrons. The molecule has 0 saturated carbocycles. The Morgan fingerprint density at radius 3 is 2.80 bits per heavy atom. The van der Waals surface area contributed by atoms with E-state index in [0.717, 1.165) is 11.8 Å². The second-order valence-corrected chi connectivity index (χ2v) is 7.22. The van der Waals surface area contributed by atoms with E-state index in [0.29, 0.717) is 34.3 Å². The van der Waals surface area contributed by atoms with Crippen LogP contribution in [-0.4, -0.2) is 31.3 Å². The van der Waals surface area contributed by atoms with Gasteiger partial charge in [0.05, 0.1) is 16.2 Å². The molecule has 8 nitrogen and oxygen atoms in total. The van der Waals surface area contributed by atoms with E-state index in [1.54, 1.807) is 47.9 Å². The van der Waals surface area contributed by atoms with Crippen LogP contribution in [0.4, 0.5) is 15.8 Å². The van der Waals surface area contributed by atoms with E-state index >= 15 is 0 Å². The molecule has 1 amide bonds. The fraction of sp³-hybridized carbons (Fsp3) is 0.150. The highest BCUT2D eigenvalue weighted by Crippen LogP contribution is 2.26. The molecular formula is C20H18FN5O3S. The van der Waals surface area contributed by atoms with Crippen molar-refractivity contribution >= 4 is 29.0 Å². The van der Waals surface area contributed by atoms with Gasteiger partial charge in [-0.05, 0) is 25.1 Å². The number of halogens is 1. The molecule has 0 saturated heterocycles. The summed E-state index contributed by atoms with van der Waals surface area (Å²) in [5, 5.41) is 22.2. The Morgan fingerprint density at radius 1 is 1.33 bits per heavy atom. The number of benzene rings is 2. The van der Waals surface area contributed by atoms with E-state index in [1.807, 2.05) is 0 Å². The van der Waals surface area contributed by atoms with Gasteiger partial charge in [0.2, 0.25) is 5.91 Å². The van der Waals surface area contributed by atoms with E-state index in [4.69, 9.17) is 0 Å². The summed E-state index contributed by atoms with van der Waals surface area (Å²) in [6.45, 7) is 5.66. The lowest BCUT2D eigenvalue weighted by molar-refractivity contribution is -0.385. The molecule has 0 fully saturated rings. The number of amides is 1. The summed E-state index contributed by atoms with van der Waals surface area (Å²) >= 11 is 1.12. The molecule has 0 spiro atoms. The lowest BCUT2D eigenvalue weighted by Gasteiger charge is -2.09. The molecule has 1 heterocycles. The van der Waals surface area contributed by atoms with Gasteiger partial charge in [-0.25, -0.2) is 4.39 Å². The van der Waals surface area contributed by atoms with Gasteiger partial charge >= 0.3 is 0 Å². The smallest absolute Gasteiger partial charge is 0.274 e. The van der Waals surface area contributed by atoms with Gasteiger partial charge in [0.15, 0.2) is 11.0 Å². The van der Waals surface area contributed by atoms with Gasteiger partial charge in [0, 0.05) is 23.9 Å². The number of nitro benzene ring substituents is 1. The zero-order chi connectivity index (χ0) is 21.7. The van der Waals surface area contributed by atoms with E-state index < -0.39 is 10.7 Å². The van der Waals surface area contributed by atoms with Crippen LogP contribution in [-0.2, 0) is 11.3 Å². The van der Waals surface area contributed by atoms with Gasteiger partial charge in [-0.15, -0.1) is 16.8 Å². The first-order valence-corrected chi connectivity index (χ1v) is 9.86. The van der Waals surface area contributed by atoms with Crippen LogP contribution in [0.15, 0.2) is 60.3 Å². The van der Waals surface area contributed by atoms with E-state index in [1.165, 1.54) is 12.1 Å². The van der Waals surface area contributed by atoms with E-state index in [-0.39, 0.29) is 17.3 Å². The van der Waals surface area contributed by atoms with Gasteiger partial charge in [-0.1, -0.05) is 36.0 Å². The number of aromatic nitrogens is 3. The molecule has 3 rings (SSSR count). The fourth-order valence-electron chi connectivity index (χ4n) is 2.74. The number of carbonyl (C=O) groups excluding carboxylic acids is 1. The van der Waals surface area contributed by atoms with Gasteiger partial charge in [0.25, 0.3) is 5.69 Å². The minimum Gasteiger partial charge on any atom is -0.325 e. The number of hydrogen-bond acceptors (Lipinski definition) is 6. The highest BCUT2D eigenvalue weighted by atomic mass is 32.2. The van der Waals surface area contributed by atoms with Crippen LogP contribution in [0.2, 0.25) is 0 Å². The summed E-state index contributed by atoms with van der Waals surface area (Å²) in [6, 6.07) is 10.7. The monoisotopic (exact) mass is 427 g/mol. The van der Waals surface area contributed by atoms with Crippen molar-refractivity contribution < 1.29 is 14.1 Å². The first-order valence-electron chi connectivity index (χ1n) is 8.87. The minimum atomic E-state index is -0.498. The summed E-state index contributed by atoms with van der Waals surface area (Å²) in [4.78, 5) is 22.9. The SMILES string of the molecule is C=CCn1c(SCC(=O)Nc2ccc(C)c([N+](=O)[O-])c2)nnc1-c1ccccc1F. The quantitative estimate of drug-likeness (QED) is 0.250. The standard InChI is InChI=1S/C20H18FN5O3S/c1-3-10-25-19(15-6-4-5-7-16(15)21)23-24-20(25)30-12-18(27)22-14-9-8-13(2)17(11-14)26(28)29/h3-9,11H,1,10,12H2,2H3,(H,22,27). The zero-order valence-corrected chi connectivity index (χ0v) is 16.9. The number of rotatable bonds is 8. The van der Waals surface area contributed by atoms with Crippen LogP contribution >= 0.6 is 11.8 Å². The van der Waals surface area contributed by atoms with Crippen molar-refractivity contribution in [2.24, 2.45) is 0 Å². The van der Waals surface area contributed by atoms with Crippen molar-refractivity contribution in [1.29, 1.82) is 0 Å². The van der Waals surface area contributed by atoms with Crippen molar-refractivity contribution in [2.75, 3.05) is 11.1 Å².